The van der Waals surface area contributed by atoms with Crippen LogP contribution in [0.15, 0.2) is 0 Å². The molecule has 11 heavy (non-hydrogen) atoms. The van der Waals surface area contributed by atoms with E-state index in [2.05, 4.69) is 27.2 Å². The summed E-state index contributed by atoms with van der Waals surface area (Å²) in [6.07, 6.45) is 5.53. The molecular weight excluding hydrogens is 209 g/mol. The zero-order valence-corrected chi connectivity index (χ0v) is 7.75. The van der Waals surface area contributed by atoms with Crippen LogP contribution in [0.1, 0.15) is 6.42 Å². The SMILES string of the molecule is C#CCN[C@@H](CC[Se])C(=O)O. The molecule has 1 atom stereocenters. The normalized spacial score (nSPS) is 12.0. The fourth-order valence-electron chi connectivity index (χ4n) is 0.613. The summed E-state index contributed by atoms with van der Waals surface area (Å²) in [7, 11) is 0. The number of hydrogen-bond donors (Lipinski definition) is 2. The number of terminal acetylenes is 1. The van der Waals surface area contributed by atoms with Crippen molar-refractivity contribution >= 4 is 22.0 Å². The van der Waals surface area contributed by atoms with E-state index in [9.17, 15) is 4.79 Å². The van der Waals surface area contributed by atoms with E-state index in [0.717, 1.165) is 0 Å². The number of carboxylic acid groups (broad SMARTS) is 1. The second-order valence-electron chi connectivity index (χ2n) is 1.97. The van der Waals surface area contributed by atoms with Gasteiger partial charge in [-0.1, -0.05) is 0 Å². The summed E-state index contributed by atoms with van der Waals surface area (Å²) in [5.41, 5.74) is 0. The Labute approximate surface area is 74.4 Å². The number of carbonyl (C=O) groups is 1. The van der Waals surface area contributed by atoms with Gasteiger partial charge in [-0.05, 0) is 0 Å². The van der Waals surface area contributed by atoms with E-state index < -0.39 is 12.0 Å². The van der Waals surface area contributed by atoms with Gasteiger partial charge in [0.05, 0.1) is 0 Å². The van der Waals surface area contributed by atoms with E-state index in [1.54, 1.807) is 0 Å². The van der Waals surface area contributed by atoms with Crippen molar-refractivity contribution in [3.63, 3.8) is 0 Å². The second-order valence-corrected chi connectivity index (χ2v) is 2.83. The summed E-state index contributed by atoms with van der Waals surface area (Å²) in [6.45, 7) is 0.303. The van der Waals surface area contributed by atoms with Crippen LogP contribution in [-0.4, -0.2) is 39.7 Å². The summed E-state index contributed by atoms with van der Waals surface area (Å²) < 4.78 is 0. The van der Waals surface area contributed by atoms with Gasteiger partial charge in [0.1, 0.15) is 0 Å². The number of hydrogen-bond acceptors (Lipinski definition) is 2. The van der Waals surface area contributed by atoms with Gasteiger partial charge in [0.25, 0.3) is 0 Å². The first kappa shape index (κ1) is 10.5. The van der Waals surface area contributed by atoms with Crippen molar-refractivity contribution in [2.45, 2.75) is 17.8 Å². The van der Waals surface area contributed by atoms with Crippen LogP contribution >= 0.6 is 0 Å². The van der Waals surface area contributed by atoms with Crippen LogP contribution in [-0.2, 0) is 4.79 Å². The van der Waals surface area contributed by atoms with Crippen molar-refractivity contribution in [3.8, 4) is 12.3 Å². The Bertz CT molecular complexity index is 164. The summed E-state index contributed by atoms with van der Waals surface area (Å²) >= 11 is 2.75. The fraction of sp³-hybridized carbons (Fsp3) is 0.571. The molecule has 0 amide bonds. The van der Waals surface area contributed by atoms with Crippen LogP contribution in [0.3, 0.4) is 0 Å². The molecule has 0 rings (SSSR count). The monoisotopic (exact) mass is 220 g/mol. The van der Waals surface area contributed by atoms with Crippen LogP contribution in [0, 0.1) is 12.3 Å². The maximum atomic E-state index is 10.5. The summed E-state index contributed by atoms with van der Waals surface area (Å²) in [4.78, 5) is 10.5. The third-order valence-corrected chi connectivity index (χ3v) is 1.65. The van der Waals surface area contributed by atoms with E-state index in [-0.39, 0.29) is 0 Å². The number of carboxylic acids is 1. The predicted octanol–water partition coefficient (Wildman–Crippen LogP) is -0.361. The predicted molar refractivity (Wildman–Crippen MR) is 43.4 cm³/mol. The first-order chi connectivity index (χ1) is 5.22. The Morgan fingerprint density at radius 3 is 2.82 bits per heavy atom. The van der Waals surface area contributed by atoms with Crippen LogP contribution in [0.4, 0.5) is 0 Å². The van der Waals surface area contributed by atoms with Gasteiger partial charge >= 0.3 is 73.9 Å². The van der Waals surface area contributed by atoms with Gasteiger partial charge in [-0.2, -0.15) is 0 Å². The first-order valence-electron chi connectivity index (χ1n) is 3.20. The van der Waals surface area contributed by atoms with Crippen molar-refractivity contribution in [3.05, 3.63) is 0 Å². The summed E-state index contributed by atoms with van der Waals surface area (Å²) in [5, 5.41) is 12.0. The Morgan fingerprint density at radius 2 is 2.45 bits per heavy atom. The van der Waals surface area contributed by atoms with Gasteiger partial charge in [0, 0.05) is 0 Å². The average Bonchev–Trinajstić information content (AvgIpc) is 1.97. The molecule has 0 heterocycles. The summed E-state index contributed by atoms with van der Waals surface area (Å²) in [5.74, 6) is 1.48. The molecule has 61 valence electrons. The molecule has 0 unspecified atom stereocenters. The molecule has 0 aromatic rings. The standard InChI is InChI=1S/C7H10NO2Se/c1-2-4-8-6(3-5-11)7(9)10/h1,6,8H,3-5H2,(H,9,10)/t6-/m0/s1. The molecule has 4 heteroatoms. The van der Waals surface area contributed by atoms with Crippen LogP contribution in [0.25, 0.3) is 0 Å². The third-order valence-electron chi connectivity index (χ3n) is 1.16. The molecule has 0 saturated carbocycles. The molecule has 0 aliphatic carbocycles. The van der Waals surface area contributed by atoms with E-state index in [1.807, 2.05) is 0 Å². The zero-order chi connectivity index (χ0) is 8.69. The number of rotatable bonds is 5. The molecule has 1 radical (unpaired) electrons. The quantitative estimate of drug-likeness (QED) is 0.490. The molecule has 0 aromatic heterocycles. The average molecular weight is 219 g/mol. The van der Waals surface area contributed by atoms with Crippen molar-refractivity contribution in [1.82, 2.24) is 5.32 Å². The molecule has 0 aliphatic rings. The maximum absolute atomic E-state index is 10.5. The molecule has 0 bridgehead atoms. The summed E-state index contributed by atoms with van der Waals surface area (Å²) in [6, 6.07) is -0.521. The van der Waals surface area contributed by atoms with Crippen molar-refractivity contribution in [2.24, 2.45) is 0 Å². The molecule has 0 spiro atoms. The molecule has 3 nitrogen and oxygen atoms in total. The second kappa shape index (κ2) is 6.23. The minimum atomic E-state index is -0.851. The topological polar surface area (TPSA) is 49.3 Å². The molecular formula is C7H10NO2Se. The van der Waals surface area contributed by atoms with Crippen LogP contribution in [0.2, 0.25) is 5.32 Å². The third kappa shape index (κ3) is 4.86. The van der Waals surface area contributed by atoms with Crippen molar-refractivity contribution < 1.29 is 9.90 Å². The Hall–Kier alpha value is -0.491. The number of aliphatic carboxylic acids is 1. The Kier molecular flexibility index (Phi) is 5.96. The minimum absolute atomic E-state index is 0.303. The van der Waals surface area contributed by atoms with Gasteiger partial charge in [-0.3, -0.25) is 0 Å². The van der Waals surface area contributed by atoms with Crippen molar-refractivity contribution in [2.75, 3.05) is 6.54 Å². The van der Waals surface area contributed by atoms with Gasteiger partial charge in [-0.25, -0.2) is 0 Å². The fourth-order valence-corrected chi connectivity index (χ4v) is 1.11. The number of nitrogens with one attached hydrogen (secondary N) is 1. The Morgan fingerprint density at radius 1 is 1.82 bits per heavy atom. The molecule has 0 aromatic carbocycles. The van der Waals surface area contributed by atoms with Crippen LogP contribution < -0.4 is 5.32 Å². The van der Waals surface area contributed by atoms with E-state index in [0.29, 0.717) is 18.3 Å². The van der Waals surface area contributed by atoms with Crippen LogP contribution in [0.5, 0.6) is 0 Å². The molecule has 0 fully saturated rings. The van der Waals surface area contributed by atoms with E-state index >= 15 is 0 Å². The van der Waals surface area contributed by atoms with Gasteiger partial charge in [0.2, 0.25) is 0 Å². The first-order valence-corrected chi connectivity index (χ1v) is 4.41. The molecule has 0 aliphatic heterocycles. The molecule has 0 saturated heterocycles. The van der Waals surface area contributed by atoms with Crippen molar-refractivity contribution in [1.29, 1.82) is 0 Å². The van der Waals surface area contributed by atoms with Gasteiger partial charge in [0.15, 0.2) is 0 Å². The van der Waals surface area contributed by atoms with E-state index in [4.69, 9.17) is 11.5 Å². The Balaban J connectivity index is 3.71. The van der Waals surface area contributed by atoms with Gasteiger partial charge < -0.3 is 0 Å². The van der Waals surface area contributed by atoms with Gasteiger partial charge in [-0.15, -0.1) is 0 Å². The zero-order valence-electron chi connectivity index (χ0n) is 6.04. The van der Waals surface area contributed by atoms with E-state index in [1.165, 1.54) is 0 Å². The molecule has 2 N–H and O–H groups in total.